The minimum atomic E-state index is -0.704. The number of rotatable bonds is 3. The summed E-state index contributed by atoms with van der Waals surface area (Å²) in [5.41, 5.74) is 2.18. The van der Waals surface area contributed by atoms with E-state index in [1.165, 1.54) is 10.9 Å². The molecule has 1 aromatic heterocycles. The lowest BCUT2D eigenvalue weighted by atomic mass is 9.90. The number of fused-ring (bicyclic) bond motifs is 1. The Balaban J connectivity index is 2.12. The maximum Gasteiger partial charge on any atom is 0.304 e. The molecule has 0 atom stereocenters. The molecule has 2 N–H and O–H groups in total. The Morgan fingerprint density at radius 3 is 2.88 bits per heavy atom. The van der Waals surface area contributed by atoms with Gasteiger partial charge in [0.25, 0.3) is 0 Å². The van der Waals surface area contributed by atoms with Crippen molar-refractivity contribution in [3.05, 3.63) is 36.0 Å². The molecule has 2 aromatic rings. The first-order chi connectivity index (χ1) is 7.71. The second kappa shape index (κ2) is 3.11. The van der Waals surface area contributed by atoms with E-state index in [2.05, 4.69) is 11.1 Å². The van der Waals surface area contributed by atoms with E-state index >= 15 is 0 Å². The third kappa shape index (κ3) is 1.32. The zero-order chi connectivity index (χ0) is 11.2. The average molecular weight is 215 g/mol. The quantitative estimate of drug-likeness (QED) is 0.827. The molecule has 0 aliphatic heterocycles. The summed E-state index contributed by atoms with van der Waals surface area (Å²) in [6.07, 6.45) is 4.13. The summed E-state index contributed by atoms with van der Waals surface area (Å²) in [7, 11) is 0. The van der Waals surface area contributed by atoms with Gasteiger partial charge < -0.3 is 10.1 Å². The molecule has 1 fully saturated rings. The van der Waals surface area contributed by atoms with Gasteiger partial charge in [-0.2, -0.15) is 0 Å². The van der Waals surface area contributed by atoms with Crippen LogP contribution in [0.2, 0.25) is 0 Å². The first-order valence-electron chi connectivity index (χ1n) is 5.50. The molecule has 0 bridgehead atoms. The van der Waals surface area contributed by atoms with Crippen molar-refractivity contribution >= 4 is 16.9 Å². The third-order valence-corrected chi connectivity index (χ3v) is 3.51. The zero-order valence-electron chi connectivity index (χ0n) is 8.86. The van der Waals surface area contributed by atoms with Crippen LogP contribution in [0.5, 0.6) is 0 Å². The highest BCUT2D eigenvalue weighted by Gasteiger charge is 2.46. The fraction of sp³-hybridized carbons (Fsp3) is 0.308. The molecular weight excluding hydrogens is 202 g/mol. The van der Waals surface area contributed by atoms with Crippen LogP contribution in [0.25, 0.3) is 10.9 Å². The molecule has 0 amide bonds. The van der Waals surface area contributed by atoms with Crippen molar-refractivity contribution in [3.8, 4) is 0 Å². The van der Waals surface area contributed by atoms with Gasteiger partial charge in [0, 0.05) is 22.5 Å². The molecule has 0 unspecified atom stereocenters. The molecule has 16 heavy (non-hydrogen) atoms. The lowest BCUT2D eigenvalue weighted by Crippen LogP contribution is -2.13. The average Bonchev–Trinajstić information content (AvgIpc) is 2.85. The van der Waals surface area contributed by atoms with Crippen LogP contribution >= 0.6 is 0 Å². The molecule has 3 rings (SSSR count). The largest absolute Gasteiger partial charge is 0.481 e. The second-order valence-electron chi connectivity index (χ2n) is 4.60. The van der Waals surface area contributed by atoms with Gasteiger partial charge in [0.05, 0.1) is 6.42 Å². The molecule has 0 spiro atoms. The first kappa shape index (κ1) is 9.46. The molecule has 82 valence electrons. The van der Waals surface area contributed by atoms with Crippen LogP contribution in [-0.4, -0.2) is 16.1 Å². The summed E-state index contributed by atoms with van der Waals surface area (Å²) in [5.74, 6) is -0.704. The number of carboxylic acid groups (broad SMARTS) is 1. The van der Waals surface area contributed by atoms with Gasteiger partial charge in [-0.25, -0.2) is 0 Å². The molecule has 3 heteroatoms. The fourth-order valence-electron chi connectivity index (χ4n) is 2.53. The normalized spacial score (nSPS) is 17.5. The van der Waals surface area contributed by atoms with Gasteiger partial charge in [-0.05, 0) is 30.5 Å². The summed E-state index contributed by atoms with van der Waals surface area (Å²) >= 11 is 0. The number of hydrogen-bond donors (Lipinski definition) is 2. The molecular formula is C13H13NO2. The Hall–Kier alpha value is -1.77. The minimum absolute atomic E-state index is 0.104. The molecule has 1 saturated carbocycles. The van der Waals surface area contributed by atoms with Gasteiger partial charge in [-0.15, -0.1) is 0 Å². The number of carbonyl (C=O) groups is 1. The summed E-state index contributed by atoms with van der Waals surface area (Å²) in [4.78, 5) is 14.1. The molecule has 0 saturated heterocycles. The predicted octanol–water partition coefficient (Wildman–Crippen LogP) is 2.67. The summed E-state index contributed by atoms with van der Waals surface area (Å²) in [5, 5.41) is 10.1. The number of H-pyrrole nitrogens is 1. The van der Waals surface area contributed by atoms with Crippen LogP contribution in [0.3, 0.4) is 0 Å². The number of carboxylic acids is 1. The smallest absolute Gasteiger partial charge is 0.304 e. The van der Waals surface area contributed by atoms with Crippen molar-refractivity contribution in [2.24, 2.45) is 0 Å². The highest BCUT2D eigenvalue weighted by atomic mass is 16.4. The highest BCUT2D eigenvalue weighted by Crippen LogP contribution is 2.52. The lowest BCUT2D eigenvalue weighted by molar-refractivity contribution is -0.137. The van der Waals surface area contributed by atoms with E-state index in [9.17, 15) is 4.79 Å². The van der Waals surface area contributed by atoms with Crippen LogP contribution in [0.4, 0.5) is 0 Å². The Morgan fingerprint density at radius 2 is 2.19 bits per heavy atom. The number of hydrogen-bond acceptors (Lipinski definition) is 1. The van der Waals surface area contributed by atoms with Crippen molar-refractivity contribution in [1.82, 2.24) is 4.98 Å². The van der Waals surface area contributed by atoms with Crippen LogP contribution < -0.4 is 0 Å². The molecule has 1 aliphatic rings. The van der Waals surface area contributed by atoms with E-state index in [-0.39, 0.29) is 11.8 Å². The van der Waals surface area contributed by atoms with Gasteiger partial charge in [-0.1, -0.05) is 12.1 Å². The summed E-state index contributed by atoms with van der Waals surface area (Å²) in [6.45, 7) is 0. The maximum atomic E-state index is 10.9. The van der Waals surface area contributed by atoms with Crippen LogP contribution in [0, 0.1) is 0 Å². The highest BCUT2D eigenvalue weighted by molar-refractivity contribution is 5.85. The fourth-order valence-corrected chi connectivity index (χ4v) is 2.53. The Kier molecular flexibility index (Phi) is 1.84. The van der Waals surface area contributed by atoms with E-state index in [1.54, 1.807) is 0 Å². The van der Waals surface area contributed by atoms with Crippen LogP contribution in [0.1, 0.15) is 24.8 Å². The number of aliphatic carboxylic acids is 1. The second-order valence-corrected chi connectivity index (χ2v) is 4.60. The third-order valence-electron chi connectivity index (χ3n) is 3.51. The maximum absolute atomic E-state index is 10.9. The zero-order valence-corrected chi connectivity index (χ0v) is 8.86. The van der Waals surface area contributed by atoms with E-state index in [0.29, 0.717) is 0 Å². The van der Waals surface area contributed by atoms with E-state index in [1.807, 2.05) is 24.4 Å². The number of benzene rings is 1. The number of nitrogens with one attached hydrogen (secondary N) is 1. The molecule has 1 heterocycles. The van der Waals surface area contributed by atoms with Crippen molar-refractivity contribution in [1.29, 1.82) is 0 Å². The lowest BCUT2D eigenvalue weighted by Gasteiger charge is -2.14. The Labute approximate surface area is 93.1 Å². The van der Waals surface area contributed by atoms with Crippen molar-refractivity contribution in [3.63, 3.8) is 0 Å². The number of aromatic nitrogens is 1. The van der Waals surface area contributed by atoms with Gasteiger partial charge in [0.1, 0.15) is 0 Å². The molecule has 0 radical (unpaired) electrons. The standard InChI is InChI=1S/C13H13NO2/c15-12(16)8-13(5-6-13)10-2-1-3-11-9(10)4-7-14-11/h1-4,7,14H,5-6,8H2,(H,15,16). The van der Waals surface area contributed by atoms with Gasteiger partial charge >= 0.3 is 5.97 Å². The van der Waals surface area contributed by atoms with Gasteiger partial charge in [-0.3, -0.25) is 4.79 Å². The summed E-state index contributed by atoms with van der Waals surface area (Å²) < 4.78 is 0. The minimum Gasteiger partial charge on any atom is -0.481 e. The van der Waals surface area contributed by atoms with Crippen molar-refractivity contribution < 1.29 is 9.90 Å². The Bertz CT molecular complexity index is 552. The van der Waals surface area contributed by atoms with Crippen molar-refractivity contribution in [2.75, 3.05) is 0 Å². The van der Waals surface area contributed by atoms with Crippen LogP contribution in [-0.2, 0) is 10.2 Å². The van der Waals surface area contributed by atoms with E-state index in [4.69, 9.17) is 5.11 Å². The van der Waals surface area contributed by atoms with E-state index < -0.39 is 5.97 Å². The molecule has 1 aromatic carbocycles. The molecule has 3 nitrogen and oxygen atoms in total. The number of aromatic amines is 1. The van der Waals surface area contributed by atoms with E-state index in [0.717, 1.165) is 18.4 Å². The predicted molar refractivity (Wildman–Crippen MR) is 61.5 cm³/mol. The monoisotopic (exact) mass is 215 g/mol. The van der Waals surface area contributed by atoms with Crippen molar-refractivity contribution in [2.45, 2.75) is 24.7 Å². The van der Waals surface area contributed by atoms with Gasteiger partial charge in [0.15, 0.2) is 0 Å². The first-order valence-corrected chi connectivity index (χ1v) is 5.50. The SMILES string of the molecule is O=C(O)CC1(c2cccc3[nH]ccc23)CC1. The Morgan fingerprint density at radius 1 is 1.38 bits per heavy atom. The topological polar surface area (TPSA) is 53.1 Å². The van der Waals surface area contributed by atoms with Crippen LogP contribution in [0.15, 0.2) is 30.5 Å². The summed E-state index contributed by atoms with van der Waals surface area (Å²) in [6, 6.07) is 8.12. The van der Waals surface area contributed by atoms with Gasteiger partial charge in [0.2, 0.25) is 0 Å². The molecule has 1 aliphatic carbocycles.